The highest BCUT2D eigenvalue weighted by atomic mass is 32.2. The number of β-lactam (4-membered cyclic amide) rings is 1. The number of carbonyl (C=O) groups is 3. The third-order valence-electron chi connectivity index (χ3n) is 4.43. The number of carboxylic acids is 1. The van der Waals surface area contributed by atoms with Gasteiger partial charge in [-0.05, 0) is 5.41 Å². The molecule has 3 heterocycles. The molecule has 0 aromatic carbocycles. The fraction of sp³-hybridized carbons (Fsp3) is 0.389. The molecule has 1 fully saturated rings. The quantitative estimate of drug-likeness (QED) is 0.134. The minimum atomic E-state index is -1.24. The molecule has 0 spiro atoms. The number of aromatic nitrogens is 1. The number of amides is 2. The second-order valence-electron chi connectivity index (χ2n) is 6.59. The lowest BCUT2D eigenvalue weighted by molar-refractivity contribution is -0.150. The third kappa shape index (κ3) is 5.68. The van der Waals surface area contributed by atoms with Crippen LogP contribution in [0.1, 0.15) is 5.69 Å². The summed E-state index contributed by atoms with van der Waals surface area (Å²) in [4.78, 5) is 47.5. The third-order valence-corrected chi connectivity index (χ3v) is 8.47. The smallest absolute Gasteiger partial charge is 0.353 e. The summed E-state index contributed by atoms with van der Waals surface area (Å²) < 4.78 is 14.1. The number of oxime groups is 1. The maximum absolute atomic E-state index is 14.1. The topological polar surface area (TPSA) is 173 Å². The van der Waals surface area contributed by atoms with E-state index >= 15 is 0 Å². The van der Waals surface area contributed by atoms with Crippen LogP contribution in [0.3, 0.4) is 0 Å². The van der Waals surface area contributed by atoms with Crippen LogP contribution in [0.5, 0.6) is 0 Å². The molecule has 1 unspecified atom stereocenters. The minimum Gasteiger partial charge on any atom is -0.477 e. The van der Waals surface area contributed by atoms with Crippen molar-refractivity contribution in [3.63, 3.8) is 0 Å². The summed E-state index contributed by atoms with van der Waals surface area (Å²) in [6, 6.07) is -1.03. The van der Waals surface area contributed by atoms with Gasteiger partial charge in [-0.15, -0.1) is 11.8 Å². The Bertz CT molecular complexity index is 1060. The number of fused-ring (bicyclic) bond motifs is 1. The van der Waals surface area contributed by atoms with Gasteiger partial charge in [0.2, 0.25) is 5.13 Å². The highest BCUT2D eigenvalue weighted by molar-refractivity contribution is 8.08. The van der Waals surface area contributed by atoms with E-state index in [0.29, 0.717) is 28.5 Å². The van der Waals surface area contributed by atoms with Gasteiger partial charge in [-0.3, -0.25) is 14.5 Å². The van der Waals surface area contributed by atoms with Crippen molar-refractivity contribution in [2.75, 3.05) is 36.6 Å². The molecule has 1 saturated heterocycles. The number of hydrogen-bond acceptors (Lipinski definition) is 12. The monoisotopic (exact) mass is 548 g/mol. The summed E-state index contributed by atoms with van der Waals surface area (Å²) >= 11 is 4.73. The first-order chi connectivity index (χ1) is 16.3. The molecule has 0 bridgehead atoms. The molecule has 1 aromatic heterocycles. The number of rotatable bonds is 11. The molecular formula is C18H21FN6O5S4. The maximum atomic E-state index is 14.1. The molecule has 0 aliphatic carbocycles. The molecule has 11 nitrogen and oxygen atoms in total. The zero-order valence-electron chi connectivity index (χ0n) is 17.7. The predicted molar refractivity (Wildman–Crippen MR) is 133 cm³/mol. The first kappa shape index (κ1) is 26.3. The largest absolute Gasteiger partial charge is 0.477 e. The van der Waals surface area contributed by atoms with Gasteiger partial charge in [0.15, 0.2) is 10.8 Å². The molecule has 0 saturated carbocycles. The van der Waals surface area contributed by atoms with Gasteiger partial charge in [-0.2, -0.15) is 16.2 Å². The van der Waals surface area contributed by atoms with E-state index in [9.17, 15) is 23.9 Å². The number of nitrogens with one attached hydrogen (secondary N) is 1. The van der Waals surface area contributed by atoms with Crippen molar-refractivity contribution in [3.05, 3.63) is 32.9 Å². The van der Waals surface area contributed by atoms with Crippen LogP contribution in [0.2, 0.25) is 0 Å². The lowest BCUT2D eigenvalue weighted by atomic mass is 10.0. The lowest BCUT2D eigenvalue weighted by Gasteiger charge is -2.49. The van der Waals surface area contributed by atoms with Crippen molar-refractivity contribution in [1.82, 2.24) is 15.2 Å². The molecular weight excluding hydrogens is 528 g/mol. The molecule has 1 aromatic rings. The van der Waals surface area contributed by atoms with Crippen molar-refractivity contribution < 1.29 is 28.7 Å². The van der Waals surface area contributed by atoms with Crippen LogP contribution < -0.4 is 16.8 Å². The zero-order chi connectivity index (χ0) is 24.8. The van der Waals surface area contributed by atoms with Gasteiger partial charge in [0, 0.05) is 28.7 Å². The van der Waals surface area contributed by atoms with E-state index in [0.717, 1.165) is 16.4 Å². The van der Waals surface area contributed by atoms with E-state index in [1.54, 1.807) is 17.2 Å². The second kappa shape index (κ2) is 11.9. The van der Waals surface area contributed by atoms with E-state index in [4.69, 9.17) is 11.5 Å². The first-order valence-corrected chi connectivity index (χ1v) is 13.5. The van der Waals surface area contributed by atoms with Crippen molar-refractivity contribution >= 4 is 75.2 Å². The maximum Gasteiger partial charge on any atom is 0.353 e. The Morgan fingerprint density at radius 3 is 2.88 bits per heavy atom. The van der Waals surface area contributed by atoms with Gasteiger partial charge in [0.05, 0.1) is 0 Å². The van der Waals surface area contributed by atoms with Crippen LogP contribution in [-0.2, 0) is 19.2 Å². The molecule has 34 heavy (non-hydrogen) atoms. The summed E-state index contributed by atoms with van der Waals surface area (Å²) in [7, 11) is 1.17. The van der Waals surface area contributed by atoms with Gasteiger partial charge < -0.3 is 26.7 Å². The second-order valence-corrected chi connectivity index (χ2v) is 10.8. The average molecular weight is 549 g/mol. The summed E-state index contributed by atoms with van der Waals surface area (Å²) in [6.07, 6.45) is 1.90. The number of anilines is 1. The number of nitrogen functional groups attached to an aromatic ring is 1. The fourth-order valence-corrected chi connectivity index (χ4v) is 6.61. The van der Waals surface area contributed by atoms with Crippen LogP contribution in [-0.4, -0.2) is 80.8 Å². The molecule has 2 aliphatic rings. The first-order valence-electron chi connectivity index (χ1n) is 9.64. The van der Waals surface area contributed by atoms with Crippen LogP contribution >= 0.6 is 46.6 Å². The van der Waals surface area contributed by atoms with E-state index in [2.05, 4.69) is 20.3 Å². The van der Waals surface area contributed by atoms with Crippen molar-refractivity contribution in [2.24, 2.45) is 10.9 Å². The highest BCUT2D eigenvalue weighted by Crippen LogP contribution is 2.43. The number of nitrogens with zero attached hydrogens (tertiary/aromatic N) is 3. The van der Waals surface area contributed by atoms with E-state index in [1.807, 2.05) is 6.08 Å². The zero-order valence-corrected chi connectivity index (χ0v) is 21.0. The number of hydrogen-bond donors (Lipinski definition) is 4. The van der Waals surface area contributed by atoms with E-state index in [1.165, 1.54) is 30.6 Å². The van der Waals surface area contributed by atoms with E-state index < -0.39 is 45.7 Å². The predicted octanol–water partition coefficient (Wildman–Crippen LogP) is 0.850. The standard InChI is InChI=1S/C18H21FN6O5S4/c1-30-24-10(9-13(19)34-18(21)23-9)14(26)22-11-15(27)25-12(17(28)29)8(7-33-16(11)25)32-5-2-4-31-6-3-20/h2,5,11,16H,3-4,6-7,20H2,1H3,(H2,21,23)(H,22,26)(H,28,29)/b5-2-,24-10-/t11?,16-/m1/s1. The van der Waals surface area contributed by atoms with Crippen molar-refractivity contribution in [2.45, 2.75) is 11.4 Å². The minimum absolute atomic E-state index is 0.105. The Labute approximate surface area is 210 Å². The van der Waals surface area contributed by atoms with E-state index in [-0.39, 0.29) is 10.8 Å². The van der Waals surface area contributed by atoms with Crippen LogP contribution in [0, 0.1) is 5.13 Å². The normalized spacial score (nSPS) is 20.4. The van der Waals surface area contributed by atoms with Crippen molar-refractivity contribution in [3.8, 4) is 0 Å². The fourth-order valence-electron chi connectivity index (χ4n) is 3.04. The molecule has 3 rings (SSSR count). The number of thioether (sulfide) groups is 3. The molecule has 0 radical (unpaired) electrons. The summed E-state index contributed by atoms with van der Waals surface area (Å²) in [5, 5.41) is 15.9. The highest BCUT2D eigenvalue weighted by Gasteiger charge is 2.54. The van der Waals surface area contributed by atoms with Gasteiger partial charge in [0.25, 0.3) is 11.8 Å². The number of carboxylic acid groups (broad SMARTS) is 1. The Kier molecular flexibility index (Phi) is 9.24. The Morgan fingerprint density at radius 1 is 1.50 bits per heavy atom. The molecule has 2 aliphatic heterocycles. The number of aliphatic carboxylic acids is 1. The van der Waals surface area contributed by atoms with Crippen LogP contribution in [0.4, 0.5) is 9.52 Å². The molecule has 184 valence electrons. The summed E-state index contributed by atoms with van der Waals surface area (Å²) in [5.74, 6) is -0.836. The Balaban J connectivity index is 1.72. The van der Waals surface area contributed by atoms with Crippen LogP contribution in [0.15, 0.2) is 27.2 Å². The van der Waals surface area contributed by atoms with Gasteiger partial charge in [0.1, 0.15) is 29.9 Å². The van der Waals surface area contributed by atoms with Crippen molar-refractivity contribution in [1.29, 1.82) is 0 Å². The Hall–Kier alpha value is -2.27. The summed E-state index contributed by atoms with van der Waals surface area (Å²) in [6.45, 7) is 0.582. The SMILES string of the molecule is CO/N=C(\C(=O)NC1C(=O)N2C(C(=O)O)=C(S/C=C\CSCCN)CS[C@H]12)c1nc(N)sc1F. The van der Waals surface area contributed by atoms with Gasteiger partial charge in [-0.1, -0.05) is 34.3 Å². The molecule has 2 amide bonds. The van der Waals surface area contributed by atoms with Gasteiger partial charge in [-0.25, -0.2) is 9.78 Å². The molecule has 6 N–H and O–H groups in total. The average Bonchev–Trinajstić information content (AvgIpc) is 3.14. The lowest BCUT2D eigenvalue weighted by Crippen LogP contribution is -2.71. The Morgan fingerprint density at radius 2 is 2.26 bits per heavy atom. The number of thiazole rings is 1. The summed E-state index contributed by atoms with van der Waals surface area (Å²) in [5.41, 5.74) is 9.93. The number of halogens is 1. The number of carbonyl (C=O) groups excluding carboxylic acids is 2. The van der Waals surface area contributed by atoms with Crippen LogP contribution in [0.25, 0.3) is 0 Å². The molecule has 16 heteroatoms. The number of nitrogens with two attached hydrogens (primary N) is 2. The van der Waals surface area contributed by atoms with Gasteiger partial charge >= 0.3 is 5.97 Å². The molecule has 2 atom stereocenters.